The molecule has 2 heterocycles. The van der Waals surface area contributed by atoms with Crippen molar-refractivity contribution in [2.75, 3.05) is 6.54 Å². The molecule has 31 heavy (non-hydrogen) atoms. The number of amides is 1. The van der Waals surface area contributed by atoms with Gasteiger partial charge in [0.2, 0.25) is 0 Å². The molecule has 6 nitrogen and oxygen atoms in total. The van der Waals surface area contributed by atoms with Gasteiger partial charge >= 0.3 is 5.97 Å². The van der Waals surface area contributed by atoms with Gasteiger partial charge in [-0.05, 0) is 36.4 Å². The SMILES string of the molecule is O=C(O)CN1C(=O)/C(=C/c2cn(-c3ccccc3)nc2-c2ccc(Cl)cc2Cl)SC1=S. The van der Waals surface area contributed by atoms with Crippen molar-refractivity contribution in [2.24, 2.45) is 0 Å². The Balaban J connectivity index is 1.82. The molecule has 0 atom stereocenters. The second kappa shape index (κ2) is 8.84. The lowest BCUT2D eigenvalue weighted by atomic mass is 10.1. The Morgan fingerprint density at radius 2 is 1.94 bits per heavy atom. The molecule has 156 valence electrons. The van der Waals surface area contributed by atoms with Crippen molar-refractivity contribution in [3.63, 3.8) is 0 Å². The highest BCUT2D eigenvalue weighted by Gasteiger charge is 2.33. The second-order valence-electron chi connectivity index (χ2n) is 6.50. The van der Waals surface area contributed by atoms with Crippen LogP contribution in [0.3, 0.4) is 0 Å². The van der Waals surface area contributed by atoms with Gasteiger partial charge in [-0.2, -0.15) is 5.10 Å². The first-order valence-corrected chi connectivity index (χ1v) is 10.9. The number of carboxylic acid groups (broad SMARTS) is 1. The number of thioether (sulfide) groups is 1. The van der Waals surface area contributed by atoms with Gasteiger partial charge in [-0.1, -0.05) is 65.4 Å². The highest BCUT2D eigenvalue weighted by molar-refractivity contribution is 8.26. The number of hydrogen-bond acceptors (Lipinski definition) is 5. The zero-order valence-corrected chi connectivity index (χ0v) is 18.8. The smallest absolute Gasteiger partial charge is 0.323 e. The maximum atomic E-state index is 12.7. The number of thiocarbonyl (C=S) groups is 1. The van der Waals surface area contributed by atoms with Gasteiger partial charge in [0.25, 0.3) is 5.91 Å². The molecule has 4 rings (SSSR count). The molecular weight excluding hydrogens is 477 g/mol. The highest BCUT2D eigenvalue weighted by atomic mass is 35.5. The molecule has 1 aliphatic heterocycles. The predicted octanol–water partition coefficient (Wildman–Crippen LogP) is 5.13. The Labute approximate surface area is 197 Å². The lowest BCUT2D eigenvalue weighted by Crippen LogP contribution is -2.33. The van der Waals surface area contributed by atoms with E-state index >= 15 is 0 Å². The first kappa shape index (κ1) is 21.6. The maximum absolute atomic E-state index is 12.7. The first-order chi connectivity index (χ1) is 14.8. The van der Waals surface area contributed by atoms with Crippen molar-refractivity contribution in [3.8, 4) is 16.9 Å². The summed E-state index contributed by atoms with van der Waals surface area (Å²) in [5, 5.41) is 14.6. The van der Waals surface area contributed by atoms with Crippen molar-refractivity contribution < 1.29 is 14.7 Å². The fourth-order valence-electron chi connectivity index (χ4n) is 3.01. The topological polar surface area (TPSA) is 75.4 Å². The molecule has 0 unspecified atom stereocenters. The lowest BCUT2D eigenvalue weighted by molar-refractivity contribution is -0.140. The van der Waals surface area contributed by atoms with Crippen LogP contribution in [0.4, 0.5) is 0 Å². The van der Waals surface area contributed by atoms with Crippen molar-refractivity contribution in [2.45, 2.75) is 0 Å². The summed E-state index contributed by atoms with van der Waals surface area (Å²) < 4.78 is 1.88. The quantitative estimate of drug-likeness (QED) is 0.395. The van der Waals surface area contributed by atoms with Crippen molar-refractivity contribution in [1.82, 2.24) is 14.7 Å². The average Bonchev–Trinajstić information content (AvgIpc) is 3.25. The number of halogens is 2. The van der Waals surface area contributed by atoms with E-state index in [2.05, 4.69) is 5.10 Å². The number of hydrogen-bond donors (Lipinski definition) is 1. The van der Waals surface area contributed by atoms with E-state index in [0.29, 0.717) is 31.8 Å². The highest BCUT2D eigenvalue weighted by Crippen LogP contribution is 2.37. The molecule has 0 aliphatic carbocycles. The molecule has 0 spiro atoms. The molecule has 0 saturated carbocycles. The molecule has 1 amide bonds. The number of nitrogens with zero attached hydrogens (tertiary/aromatic N) is 3. The van der Waals surface area contributed by atoms with Crippen LogP contribution in [-0.4, -0.2) is 42.5 Å². The Bertz CT molecular complexity index is 1240. The monoisotopic (exact) mass is 489 g/mol. The van der Waals surface area contributed by atoms with Crippen LogP contribution < -0.4 is 0 Å². The first-order valence-electron chi connectivity index (χ1n) is 8.91. The summed E-state index contributed by atoms with van der Waals surface area (Å²) in [6.07, 6.45) is 3.42. The molecule has 1 saturated heterocycles. The van der Waals surface area contributed by atoms with E-state index in [1.807, 2.05) is 30.3 Å². The summed E-state index contributed by atoms with van der Waals surface area (Å²) in [4.78, 5) is 25.1. The van der Waals surface area contributed by atoms with E-state index in [0.717, 1.165) is 22.3 Å². The Kier molecular flexibility index (Phi) is 6.15. The van der Waals surface area contributed by atoms with Crippen molar-refractivity contribution in [1.29, 1.82) is 0 Å². The van der Waals surface area contributed by atoms with Crippen LogP contribution >= 0.6 is 47.2 Å². The average molecular weight is 490 g/mol. The van der Waals surface area contributed by atoms with Crippen LogP contribution in [0.25, 0.3) is 23.0 Å². The second-order valence-corrected chi connectivity index (χ2v) is 9.02. The van der Waals surface area contributed by atoms with E-state index < -0.39 is 18.4 Å². The van der Waals surface area contributed by atoms with Crippen molar-refractivity contribution >= 4 is 69.5 Å². The fraction of sp³-hybridized carbons (Fsp3) is 0.0476. The van der Waals surface area contributed by atoms with Crippen LogP contribution in [0.2, 0.25) is 10.0 Å². The van der Waals surface area contributed by atoms with E-state index in [9.17, 15) is 9.59 Å². The number of para-hydroxylation sites is 1. The molecule has 2 aromatic carbocycles. The largest absolute Gasteiger partial charge is 0.480 e. The van der Waals surface area contributed by atoms with E-state index in [1.165, 1.54) is 0 Å². The third-order valence-corrected chi connectivity index (χ3v) is 6.33. The summed E-state index contributed by atoms with van der Waals surface area (Å²) in [6, 6.07) is 14.6. The summed E-state index contributed by atoms with van der Waals surface area (Å²) in [5.41, 5.74) is 2.65. The van der Waals surface area contributed by atoms with E-state index in [-0.39, 0.29) is 4.32 Å². The molecule has 1 fully saturated rings. The number of rotatable bonds is 5. The zero-order chi connectivity index (χ0) is 22.1. The van der Waals surface area contributed by atoms with Gasteiger partial charge in [0, 0.05) is 22.3 Å². The minimum absolute atomic E-state index is 0.195. The number of carbonyl (C=O) groups is 2. The molecule has 10 heteroatoms. The fourth-order valence-corrected chi connectivity index (χ4v) is 4.75. The van der Waals surface area contributed by atoms with Gasteiger partial charge in [-0.15, -0.1) is 0 Å². The minimum Gasteiger partial charge on any atom is -0.480 e. The van der Waals surface area contributed by atoms with Gasteiger partial charge < -0.3 is 5.11 Å². The Hall–Kier alpha value is -2.65. The molecular formula is C21H13Cl2N3O3S2. The Morgan fingerprint density at radius 1 is 1.19 bits per heavy atom. The standard InChI is InChI=1S/C21H13Cl2N3O3S2/c22-13-6-7-15(16(23)9-13)19-12(10-26(24-19)14-4-2-1-3-5-14)8-17-20(29)25(11-18(27)28)21(30)31-17/h1-10H,11H2,(H,27,28)/b17-8-. The molecule has 1 aromatic heterocycles. The van der Waals surface area contributed by atoms with Gasteiger partial charge in [0.1, 0.15) is 16.6 Å². The number of carboxylic acids is 1. The molecule has 3 aromatic rings. The number of carbonyl (C=O) groups excluding carboxylic acids is 1. The molecule has 0 bridgehead atoms. The van der Waals surface area contributed by atoms with Crippen LogP contribution in [0.1, 0.15) is 5.56 Å². The number of aliphatic carboxylic acids is 1. The number of aromatic nitrogens is 2. The third kappa shape index (κ3) is 4.52. The molecule has 0 radical (unpaired) electrons. The van der Waals surface area contributed by atoms with Gasteiger partial charge in [0.15, 0.2) is 0 Å². The summed E-state index contributed by atoms with van der Waals surface area (Å²) in [7, 11) is 0. The maximum Gasteiger partial charge on any atom is 0.323 e. The van der Waals surface area contributed by atoms with Crippen LogP contribution in [-0.2, 0) is 9.59 Å². The Morgan fingerprint density at radius 3 is 2.61 bits per heavy atom. The summed E-state index contributed by atoms with van der Waals surface area (Å²) >= 11 is 18.7. The summed E-state index contributed by atoms with van der Waals surface area (Å²) in [5.74, 6) is -1.60. The van der Waals surface area contributed by atoms with E-state index in [1.54, 1.807) is 35.2 Å². The minimum atomic E-state index is -1.14. The zero-order valence-electron chi connectivity index (χ0n) is 15.7. The van der Waals surface area contributed by atoms with Crippen molar-refractivity contribution in [3.05, 3.63) is 75.2 Å². The number of benzene rings is 2. The van der Waals surface area contributed by atoms with Crippen LogP contribution in [0.15, 0.2) is 59.6 Å². The summed E-state index contributed by atoms with van der Waals surface area (Å²) in [6.45, 7) is -0.485. The van der Waals surface area contributed by atoms with E-state index in [4.69, 9.17) is 40.5 Å². The van der Waals surface area contributed by atoms with Gasteiger partial charge in [0.05, 0.1) is 15.6 Å². The molecule has 1 aliphatic rings. The van der Waals surface area contributed by atoms with Crippen LogP contribution in [0.5, 0.6) is 0 Å². The van der Waals surface area contributed by atoms with Gasteiger partial charge in [-0.25, -0.2) is 4.68 Å². The van der Waals surface area contributed by atoms with Crippen LogP contribution in [0, 0.1) is 0 Å². The predicted molar refractivity (Wildman–Crippen MR) is 127 cm³/mol. The third-order valence-electron chi connectivity index (χ3n) is 4.40. The normalized spacial score (nSPS) is 15.2. The lowest BCUT2D eigenvalue weighted by Gasteiger charge is -2.10. The van der Waals surface area contributed by atoms with Gasteiger partial charge in [-0.3, -0.25) is 14.5 Å². The molecule has 1 N–H and O–H groups in total.